The zero-order valence-electron chi connectivity index (χ0n) is 14.8. The fourth-order valence-electron chi connectivity index (χ4n) is 3.26. The first-order valence-corrected chi connectivity index (χ1v) is 9.53. The minimum Gasteiger partial charge on any atom is -0.317 e. The van der Waals surface area contributed by atoms with Crippen molar-refractivity contribution in [3.05, 3.63) is 16.0 Å². The van der Waals surface area contributed by atoms with Crippen LogP contribution in [0.5, 0.6) is 0 Å². The number of amides is 1. The van der Waals surface area contributed by atoms with Crippen LogP contribution in [-0.4, -0.2) is 5.91 Å². The van der Waals surface area contributed by atoms with Gasteiger partial charge in [0.2, 0.25) is 5.91 Å². The Morgan fingerprint density at radius 2 is 2.13 bits per heavy atom. The van der Waals surface area contributed by atoms with Gasteiger partial charge >= 0.3 is 0 Å². The highest BCUT2D eigenvalue weighted by Crippen LogP contribution is 2.43. The maximum atomic E-state index is 12.1. The fourth-order valence-corrected chi connectivity index (χ4v) is 4.55. The van der Waals surface area contributed by atoms with Crippen molar-refractivity contribution in [2.45, 2.75) is 72.6 Å². The van der Waals surface area contributed by atoms with Crippen molar-refractivity contribution in [1.29, 1.82) is 5.26 Å². The van der Waals surface area contributed by atoms with Crippen molar-refractivity contribution in [1.82, 2.24) is 0 Å². The summed E-state index contributed by atoms with van der Waals surface area (Å²) < 4.78 is 0. The molecule has 0 aliphatic heterocycles. The molecule has 0 saturated carbocycles. The highest BCUT2D eigenvalue weighted by molar-refractivity contribution is 7.16. The van der Waals surface area contributed by atoms with Crippen LogP contribution in [0.3, 0.4) is 0 Å². The van der Waals surface area contributed by atoms with Gasteiger partial charge in [0, 0.05) is 11.3 Å². The third-order valence-corrected chi connectivity index (χ3v) is 6.03. The zero-order chi connectivity index (χ0) is 17.0. The van der Waals surface area contributed by atoms with Gasteiger partial charge in [-0.3, -0.25) is 4.79 Å². The number of thiophene rings is 1. The van der Waals surface area contributed by atoms with Crippen molar-refractivity contribution in [2.75, 3.05) is 5.32 Å². The second-order valence-electron chi connectivity index (χ2n) is 7.63. The van der Waals surface area contributed by atoms with Gasteiger partial charge in [-0.2, -0.15) is 5.26 Å². The largest absolute Gasteiger partial charge is 0.317 e. The van der Waals surface area contributed by atoms with Gasteiger partial charge in [0.25, 0.3) is 0 Å². The Morgan fingerprint density at radius 3 is 2.74 bits per heavy atom. The number of hydrogen-bond donors (Lipinski definition) is 1. The Kier molecular flexibility index (Phi) is 5.86. The van der Waals surface area contributed by atoms with Gasteiger partial charge in [0.05, 0.1) is 5.56 Å². The van der Waals surface area contributed by atoms with E-state index in [2.05, 4.69) is 39.1 Å². The summed E-state index contributed by atoms with van der Waals surface area (Å²) in [7, 11) is 0. The van der Waals surface area contributed by atoms with Crippen LogP contribution >= 0.6 is 11.3 Å². The molecule has 3 nitrogen and oxygen atoms in total. The number of anilines is 1. The van der Waals surface area contributed by atoms with Gasteiger partial charge < -0.3 is 5.32 Å². The molecule has 1 aliphatic carbocycles. The number of unbranched alkanes of at least 4 members (excludes halogenated alkanes) is 2. The lowest BCUT2D eigenvalue weighted by atomic mass is 9.72. The maximum absolute atomic E-state index is 12.1. The molecule has 1 atom stereocenters. The SMILES string of the molecule is CCCCCC(=O)Nc1sc2c(c1C#N)CC[C@@H](C(C)(C)C)C2. The summed E-state index contributed by atoms with van der Waals surface area (Å²) in [5.74, 6) is 0.689. The number of nitrogens with one attached hydrogen (secondary N) is 1. The quantitative estimate of drug-likeness (QED) is 0.745. The monoisotopic (exact) mass is 332 g/mol. The minimum absolute atomic E-state index is 0.0425. The van der Waals surface area contributed by atoms with E-state index < -0.39 is 0 Å². The molecule has 1 N–H and O–H groups in total. The number of rotatable bonds is 5. The lowest BCUT2D eigenvalue weighted by Gasteiger charge is -2.33. The highest BCUT2D eigenvalue weighted by atomic mass is 32.1. The summed E-state index contributed by atoms with van der Waals surface area (Å²) in [4.78, 5) is 13.4. The van der Waals surface area contributed by atoms with Crippen LogP contribution in [0.1, 0.15) is 75.8 Å². The lowest BCUT2D eigenvalue weighted by molar-refractivity contribution is -0.116. The highest BCUT2D eigenvalue weighted by Gasteiger charge is 2.32. The molecule has 0 saturated heterocycles. The molecule has 0 spiro atoms. The van der Waals surface area contributed by atoms with Gasteiger partial charge in [-0.15, -0.1) is 11.3 Å². The first-order valence-electron chi connectivity index (χ1n) is 8.71. The lowest BCUT2D eigenvalue weighted by Crippen LogP contribution is -2.26. The van der Waals surface area contributed by atoms with Crippen molar-refractivity contribution in [3.8, 4) is 6.07 Å². The summed E-state index contributed by atoms with van der Waals surface area (Å²) >= 11 is 1.62. The number of nitrogens with zero attached hydrogens (tertiary/aromatic N) is 1. The Hall–Kier alpha value is -1.34. The number of nitriles is 1. The summed E-state index contributed by atoms with van der Waals surface area (Å²) in [6.45, 7) is 9.00. The molecule has 23 heavy (non-hydrogen) atoms. The molecule has 1 aromatic rings. The van der Waals surface area contributed by atoms with Crippen LogP contribution in [-0.2, 0) is 17.6 Å². The van der Waals surface area contributed by atoms with E-state index in [0.717, 1.165) is 43.5 Å². The molecule has 0 aromatic carbocycles. The van der Waals surface area contributed by atoms with E-state index in [0.29, 0.717) is 17.9 Å². The Bertz CT molecular complexity index is 604. The normalized spacial score (nSPS) is 17.4. The molecule has 0 fully saturated rings. The molecule has 4 heteroatoms. The number of fused-ring (bicyclic) bond motifs is 1. The van der Waals surface area contributed by atoms with E-state index in [1.807, 2.05) is 0 Å². The van der Waals surface area contributed by atoms with Crippen LogP contribution in [0.15, 0.2) is 0 Å². The first-order chi connectivity index (χ1) is 10.9. The van der Waals surface area contributed by atoms with Crippen molar-refractivity contribution in [3.63, 3.8) is 0 Å². The van der Waals surface area contributed by atoms with Gasteiger partial charge in [0.15, 0.2) is 0 Å². The van der Waals surface area contributed by atoms with Crippen molar-refractivity contribution in [2.24, 2.45) is 11.3 Å². The van der Waals surface area contributed by atoms with Gasteiger partial charge in [-0.1, -0.05) is 40.5 Å². The van der Waals surface area contributed by atoms with Gasteiger partial charge in [-0.05, 0) is 42.6 Å². The third-order valence-electron chi connectivity index (χ3n) is 4.86. The molecule has 2 rings (SSSR count). The number of carbonyl (C=O) groups is 1. The Labute approximate surface area is 144 Å². The van der Waals surface area contributed by atoms with Crippen molar-refractivity contribution < 1.29 is 4.79 Å². The molecule has 1 aromatic heterocycles. The molecule has 126 valence electrons. The molecular weight excluding hydrogens is 304 g/mol. The summed E-state index contributed by atoms with van der Waals surface area (Å²) in [6, 6.07) is 2.33. The molecule has 1 heterocycles. The number of hydrogen-bond acceptors (Lipinski definition) is 3. The molecule has 1 amide bonds. The van der Waals surface area contributed by atoms with Crippen LogP contribution < -0.4 is 5.32 Å². The number of carbonyl (C=O) groups excluding carboxylic acids is 1. The van der Waals surface area contributed by atoms with Crippen LogP contribution in [0, 0.1) is 22.7 Å². The summed E-state index contributed by atoms with van der Waals surface area (Å²) in [5.41, 5.74) is 2.18. The average molecular weight is 333 g/mol. The standard InChI is InChI=1S/C19H28N2OS/c1-5-6-7-8-17(22)21-18-15(12-20)14-10-9-13(19(2,3)4)11-16(14)23-18/h13H,5-11H2,1-4H3,(H,21,22)/t13-/m1/s1. The minimum atomic E-state index is 0.0425. The smallest absolute Gasteiger partial charge is 0.225 e. The van der Waals surface area contributed by atoms with E-state index in [9.17, 15) is 10.1 Å². The molecule has 0 unspecified atom stereocenters. The van der Waals surface area contributed by atoms with E-state index in [1.165, 1.54) is 10.4 Å². The first kappa shape index (κ1) is 18.0. The second-order valence-corrected chi connectivity index (χ2v) is 8.74. The molecule has 1 aliphatic rings. The third kappa shape index (κ3) is 4.35. The predicted molar refractivity (Wildman–Crippen MR) is 96.8 cm³/mol. The second kappa shape index (κ2) is 7.49. The maximum Gasteiger partial charge on any atom is 0.225 e. The van der Waals surface area contributed by atoms with E-state index in [-0.39, 0.29) is 11.3 Å². The van der Waals surface area contributed by atoms with E-state index >= 15 is 0 Å². The van der Waals surface area contributed by atoms with Crippen LogP contribution in [0.25, 0.3) is 0 Å². The van der Waals surface area contributed by atoms with Crippen LogP contribution in [0.4, 0.5) is 5.00 Å². The van der Waals surface area contributed by atoms with Gasteiger partial charge in [-0.25, -0.2) is 0 Å². The average Bonchev–Trinajstić information content (AvgIpc) is 2.82. The predicted octanol–water partition coefficient (Wildman–Crippen LogP) is 5.29. The fraction of sp³-hybridized carbons (Fsp3) is 0.684. The molecular formula is C19H28N2OS. The zero-order valence-corrected chi connectivity index (χ0v) is 15.6. The topological polar surface area (TPSA) is 52.9 Å². The molecule has 0 bridgehead atoms. The van der Waals surface area contributed by atoms with Crippen LogP contribution in [0.2, 0.25) is 0 Å². The van der Waals surface area contributed by atoms with Gasteiger partial charge in [0.1, 0.15) is 11.1 Å². The Morgan fingerprint density at radius 1 is 1.39 bits per heavy atom. The summed E-state index contributed by atoms with van der Waals surface area (Å²) in [6.07, 6.45) is 6.77. The van der Waals surface area contributed by atoms with Crippen molar-refractivity contribution >= 4 is 22.2 Å². The molecule has 0 radical (unpaired) electrons. The van der Waals surface area contributed by atoms with E-state index in [4.69, 9.17) is 0 Å². The summed E-state index contributed by atoms with van der Waals surface area (Å²) in [5, 5.41) is 13.3. The Balaban J connectivity index is 2.13. The van der Waals surface area contributed by atoms with E-state index in [1.54, 1.807) is 11.3 Å².